The maximum Gasteiger partial charge on any atom is 0.0695 e. The van der Waals surface area contributed by atoms with Gasteiger partial charge in [0.05, 0.1) is 11.4 Å². The second kappa shape index (κ2) is 4.70. The molecule has 2 aromatic carbocycles. The normalized spacial score (nSPS) is 10.5. The van der Waals surface area contributed by atoms with Gasteiger partial charge in [-0.25, -0.2) is 0 Å². The van der Waals surface area contributed by atoms with Crippen LogP contribution in [0.3, 0.4) is 0 Å². The molecule has 0 bridgehead atoms. The van der Waals surface area contributed by atoms with Crippen molar-refractivity contribution >= 4 is 43.2 Å². The van der Waals surface area contributed by atoms with E-state index in [1.807, 2.05) is 25.1 Å². The first-order valence-corrected chi connectivity index (χ1v) is 6.69. The number of rotatable bonds is 1. The summed E-state index contributed by atoms with van der Waals surface area (Å²) >= 11 is 6.95. The van der Waals surface area contributed by atoms with Gasteiger partial charge in [0, 0.05) is 8.95 Å². The molecule has 2 nitrogen and oxygen atoms in total. The number of hydrogen-bond acceptors (Lipinski definition) is 2. The molecule has 0 radical (unpaired) electrons. The lowest BCUT2D eigenvalue weighted by Crippen LogP contribution is -1.99. The highest BCUT2D eigenvalue weighted by atomic mass is 79.9. The van der Waals surface area contributed by atoms with Crippen molar-refractivity contribution in [1.29, 1.82) is 0 Å². The van der Waals surface area contributed by atoms with E-state index in [4.69, 9.17) is 11.5 Å². The van der Waals surface area contributed by atoms with Gasteiger partial charge in [-0.2, -0.15) is 0 Å². The number of nitrogen functional groups attached to an aromatic ring is 2. The van der Waals surface area contributed by atoms with Crippen molar-refractivity contribution in [1.82, 2.24) is 0 Å². The summed E-state index contributed by atoms with van der Waals surface area (Å²) in [4.78, 5) is 0. The van der Waals surface area contributed by atoms with Gasteiger partial charge in [-0.3, -0.25) is 0 Å². The molecule has 0 aromatic heterocycles. The van der Waals surface area contributed by atoms with Crippen LogP contribution in [0.25, 0.3) is 11.1 Å². The molecule has 0 amide bonds. The summed E-state index contributed by atoms with van der Waals surface area (Å²) < 4.78 is 1.91. The molecule has 0 saturated heterocycles. The van der Waals surface area contributed by atoms with Crippen LogP contribution in [0.15, 0.2) is 39.3 Å². The van der Waals surface area contributed by atoms with Crippen LogP contribution in [0.1, 0.15) is 5.56 Å². The van der Waals surface area contributed by atoms with Crippen molar-refractivity contribution in [2.24, 2.45) is 0 Å². The number of nitrogens with two attached hydrogens (primary N) is 2. The highest BCUT2D eigenvalue weighted by Gasteiger charge is 2.11. The fraction of sp³-hybridized carbons (Fsp3) is 0.0769. The highest BCUT2D eigenvalue weighted by Crippen LogP contribution is 2.37. The molecule has 2 aromatic rings. The lowest BCUT2D eigenvalue weighted by molar-refractivity contribution is 1.42. The first-order chi connectivity index (χ1) is 8.00. The molecule has 0 aliphatic rings. The minimum Gasteiger partial charge on any atom is -0.397 e. The summed E-state index contributed by atoms with van der Waals surface area (Å²) in [6.07, 6.45) is 0. The summed E-state index contributed by atoms with van der Waals surface area (Å²) in [5.74, 6) is 0. The van der Waals surface area contributed by atoms with Crippen molar-refractivity contribution in [2.75, 3.05) is 11.5 Å². The van der Waals surface area contributed by atoms with E-state index in [-0.39, 0.29) is 0 Å². The van der Waals surface area contributed by atoms with Crippen LogP contribution in [-0.4, -0.2) is 0 Å². The van der Waals surface area contributed by atoms with E-state index in [1.165, 1.54) is 0 Å². The van der Waals surface area contributed by atoms with E-state index < -0.39 is 0 Å². The predicted octanol–water partition coefficient (Wildman–Crippen LogP) is 4.35. The van der Waals surface area contributed by atoms with Gasteiger partial charge in [0.15, 0.2) is 0 Å². The van der Waals surface area contributed by atoms with Crippen molar-refractivity contribution < 1.29 is 0 Å². The minimum absolute atomic E-state index is 0.595. The number of benzene rings is 2. The van der Waals surface area contributed by atoms with Gasteiger partial charge < -0.3 is 11.5 Å². The zero-order valence-electron chi connectivity index (χ0n) is 9.30. The van der Waals surface area contributed by atoms with E-state index in [1.54, 1.807) is 0 Å². The van der Waals surface area contributed by atoms with Gasteiger partial charge in [0.1, 0.15) is 0 Å². The summed E-state index contributed by atoms with van der Waals surface area (Å²) in [5, 5.41) is 0. The van der Waals surface area contributed by atoms with Crippen LogP contribution in [0.4, 0.5) is 11.4 Å². The Morgan fingerprint density at radius 1 is 1.06 bits per heavy atom. The van der Waals surface area contributed by atoms with Crippen LogP contribution in [0, 0.1) is 6.92 Å². The summed E-state index contributed by atoms with van der Waals surface area (Å²) in [5.41, 5.74) is 16.3. The molecular weight excluding hydrogens is 344 g/mol. The van der Waals surface area contributed by atoms with Gasteiger partial charge >= 0.3 is 0 Å². The van der Waals surface area contributed by atoms with Gasteiger partial charge in [-0.15, -0.1) is 0 Å². The SMILES string of the molecule is Cc1c(-c2cccc(Br)c2)cc(N)c(N)c1Br. The monoisotopic (exact) mass is 354 g/mol. The second-order valence-corrected chi connectivity index (χ2v) is 5.59. The highest BCUT2D eigenvalue weighted by molar-refractivity contribution is 9.11. The largest absolute Gasteiger partial charge is 0.397 e. The average Bonchev–Trinajstić information content (AvgIpc) is 2.31. The Balaban J connectivity index is 2.68. The Bertz CT molecular complexity index is 580. The first kappa shape index (κ1) is 12.5. The molecule has 0 atom stereocenters. The molecule has 0 fully saturated rings. The lowest BCUT2D eigenvalue weighted by atomic mass is 9.99. The second-order valence-electron chi connectivity index (χ2n) is 3.88. The number of halogens is 2. The van der Waals surface area contributed by atoms with E-state index in [2.05, 4.69) is 44.0 Å². The Hall–Kier alpha value is -1.00. The van der Waals surface area contributed by atoms with Crippen molar-refractivity contribution in [3.63, 3.8) is 0 Å². The summed E-state index contributed by atoms with van der Waals surface area (Å²) in [6, 6.07) is 10.0. The Morgan fingerprint density at radius 3 is 2.41 bits per heavy atom. The quantitative estimate of drug-likeness (QED) is 0.747. The molecule has 4 N–H and O–H groups in total. The van der Waals surface area contributed by atoms with Gasteiger partial charge in [0.25, 0.3) is 0 Å². The van der Waals surface area contributed by atoms with Crippen molar-refractivity contribution in [3.8, 4) is 11.1 Å². The minimum atomic E-state index is 0.595. The molecule has 17 heavy (non-hydrogen) atoms. The standard InChI is InChI=1S/C13H12Br2N2/c1-7-10(6-11(16)13(17)12(7)15)8-3-2-4-9(14)5-8/h2-6H,16-17H2,1H3. The third kappa shape index (κ3) is 2.33. The Morgan fingerprint density at radius 2 is 1.76 bits per heavy atom. The van der Waals surface area contributed by atoms with E-state index >= 15 is 0 Å². The maximum absolute atomic E-state index is 5.90. The number of hydrogen-bond donors (Lipinski definition) is 2. The lowest BCUT2D eigenvalue weighted by Gasteiger charge is -2.13. The smallest absolute Gasteiger partial charge is 0.0695 e. The van der Waals surface area contributed by atoms with E-state index in [0.717, 1.165) is 25.6 Å². The fourth-order valence-electron chi connectivity index (χ4n) is 1.74. The molecule has 0 spiro atoms. The molecule has 2 rings (SSSR count). The molecular formula is C13H12Br2N2. The third-order valence-corrected chi connectivity index (χ3v) is 4.23. The van der Waals surface area contributed by atoms with Crippen molar-refractivity contribution in [3.05, 3.63) is 44.8 Å². The molecule has 0 aliphatic carbocycles. The molecule has 0 unspecified atom stereocenters. The average molecular weight is 356 g/mol. The topological polar surface area (TPSA) is 52.0 Å². The van der Waals surface area contributed by atoms with E-state index in [0.29, 0.717) is 11.4 Å². The molecule has 88 valence electrons. The first-order valence-electron chi connectivity index (χ1n) is 5.10. The molecule has 0 heterocycles. The molecule has 4 heteroatoms. The zero-order chi connectivity index (χ0) is 12.6. The Kier molecular flexibility index (Phi) is 3.45. The van der Waals surface area contributed by atoms with Crippen LogP contribution in [0.5, 0.6) is 0 Å². The predicted molar refractivity (Wildman–Crippen MR) is 80.8 cm³/mol. The van der Waals surface area contributed by atoms with Crippen LogP contribution >= 0.6 is 31.9 Å². The number of anilines is 2. The van der Waals surface area contributed by atoms with Gasteiger partial charge in [-0.1, -0.05) is 28.1 Å². The molecule has 0 aliphatic heterocycles. The maximum atomic E-state index is 5.90. The summed E-state index contributed by atoms with van der Waals surface area (Å²) in [6.45, 7) is 2.02. The van der Waals surface area contributed by atoms with Gasteiger partial charge in [0.2, 0.25) is 0 Å². The summed E-state index contributed by atoms with van der Waals surface area (Å²) in [7, 11) is 0. The fourth-order valence-corrected chi connectivity index (χ4v) is 2.59. The third-order valence-electron chi connectivity index (χ3n) is 2.72. The van der Waals surface area contributed by atoms with Crippen LogP contribution in [-0.2, 0) is 0 Å². The van der Waals surface area contributed by atoms with Crippen LogP contribution < -0.4 is 11.5 Å². The zero-order valence-corrected chi connectivity index (χ0v) is 12.5. The van der Waals surface area contributed by atoms with Crippen molar-refractivity contribution in [2.45, 2.75) is 6.92 Å². The Labute approximate surface area is 117 Å². The van der Waals surface area contributed by atoms with Gasteiger partial charge in [-0.05, 0) is 57.7 Å². The van der Waals surface area contributed by atoms with E-state index in [9.17, 15) is 0 Å². The molecule has 0 saturated carbocycles. The van der Waals surface area contributed by atoms with Crippen LogP contribution in [0.2, 0.25) is 0 Å².